The Kier molecular flexibility index (Phi) is 3.51. The molecule has 2 rings (SSSR count). The largest absolute Gasteiger partial charge is 0.481 e. The monoisotopic (exact) mass is 257 g/mol. The number of benzene rings is 1. The Bertz CT molecular complexity index is 641. The van der Waals surface area contributed by atoms with Crippen molar-refractivity contribution in [3.05, 3.63) is 42.2 Å². The number of nitrogens with zero attached hydrogens (tertiary/aromatic N) is 2. The number of rotatable bonds is 4. The molecular weight excluding hydrogens is 246 g/mol. The topological polar surface area (TPSA) is 106 Å². The maximum absolute atomic E-state index is 11.7. The fourth-order valence-corrected chi connectivity index (χ4v) is 1.62. The third kappa shape index (κ3) is 3.12. The number of anilines is 1. The molecular formula is C13H11N3O3. The van der Waals surface area contributed by atoms with E-state index in [1.807, 2.05) is 0 Å². The highest BCUT2D eigenvalue weighted by atomic mass is 16.4. The normalized spacial score (nSPS) is 10.1. The lowest BCUT2D eigenvalue weighted by Crippen LogP contribution is -2.07. The fourth-order valence-electron chi connectivity index (χ4n) is 1.62. The van der Waals surface area contributed by atoms with Gasteiger partial charge in [-0.05, 0) is 6.07 Å². The Hall–Kier alpha value is -2.76. The predicted octanol–water partition coefficient (Wildman–Crippen LogP) is 1.38. The molecule has 19 heavy (non-hydrogen) atoms. The fraction of sp³-hybridized carbons (Fsp3) is 0.0769. The Morgan fingerprint density at radius 1 is 1.21 bits per heavy atom. The number of hydrogen-bond acceptors (Lipinski definition) is 5. The van der Waals surface area contributed by atoms with Gasteiger partial charge in [-0.15, -0.1) is 0 Å². The average Bonchev–Trinajstić information content (AvgIpc) is 2.38. The number of carboxylic acid groups (broad SMARTS) is 1. The molecule has 0 aliphatic rings. The van der Waals surface area contributed by atoms with Crippen molar-refractivity contribution in [1.29, 1.82) is 0 Å². The molecule has 1 aromatic heterocycles. The maximum atomic E-state index is 11.7. The molecule has 0 bridgehead atoms. The highest BCUT2D eigenvalue weighted by molar-refractivity contribution is 6.06. The van der Waals surface area contributed by atoms with Crippen LogP contribution in [0.5, 0.6) is 0 Å². The molecule has 0 amide bonds. The molecule has 1 heterocycles. The van der Waals surface area contributed by atoms with Gasteiger partial charge >= 0.3 is 5.97 Å². The summed E-state index contributed by atoms with van der Waals surface area (Å²) in [5.74, 6) is -1.27. The van der Waals surface area contributed by atoms with E-state index < -0.39 is 18.2 Å². The van der Waals surface area contributed by atoms with E-state index in [-0.39, 0.29) is 0 Å². The zero-order valence-corrected chi connectivity index (χ0v) is 9.91. The van der Waals surface area contributed by atoms with E-state index >= 15 is 0 Å². The summed E-state index contributed by atoms with van der Waals surface area (Å²) in [7, 11) is 0. The molecule has 96 valence electrons. The van der Waals surface area contributed by atoms with Crippen molar-refractivity contribution in [2.24, 2.45) is 0 Å². The number of nitrogen functional groups attached to an aromatic ring is 1. The second kappa shape index (κ2) is 5.26. The van der Waals surface area contributed by atoms with Gasteiger partial charge in [0.05, 0.1) is 5.69 Å². The van der Waals surface area contributed by atoms with E-state index in [0.29, 0.717) is 22.6 Å². The summed E-state index contributed by atoms with van der Waals surface area (Å²) in [6.07, 6.45) is 0.797. The van der Waals surface area contributed by atoms with Crippen molar-refractivity contribution in [2.45, 2.75) is 6.42 Å². The van der Waals surface area contributed by atoms with Gasteiger partial charge in [-0.1, -0.05) is 18.2 Å². The minimum absolute atomic E-state index is 0.326. The minimum Gasteiger partial charge on any atom is -0.481 e. The molecule has 0 saturated heterocycles. The number of hydrogen-bond donors (Lipinski definition) is 2. The number of aliphatic carboxylic acids is 1. The molecule has 0 spiro atoms. The van der Waals surface area contributed by atoms with Crippen LogP contribution in [0.15, 0.2) is 36.7 Å². The SMILES string of the molecule is Nc1cc(-c2cccc(C(=O)CC(=O)O)c2)ncn1. The van der Waals surface area contributed by atoms with E-state index in [2.05, 4.69) is 9.97 Å². The summed E-state index contributed by atoms with van der Waals surface area (Å²) < 4.78 is 0. The summed E-state index contributed by atoms with van der Waals surface area (Å²) in [5, 5.41) is 8.61. The molecule has 0 radical (unpaired) electrons. The smallest absolute Gasteiger partial charge is 0.311 e. The molecule has 0 saturated carbocycles. The van der Waals surface area contributed by atoms with Crippen LogP contribution in [0, 0.1) is 0 Å². The zero-order chi connectivity index (χ0) is 13.8. The van der Waals surface area contributed by atoms with Crippen LogP contribution >= 0.6 is 0 Å². The van der Waals surface area contributed by atoms with Crippen LogP contribution in [0.3, 0.4) is 0 Å². The molecule has 2 aromatic rings. The summed E-state index contributed by atoms with van der Waals surface area (Å²) >= 11 is 0. The number of carbonyl (C=O) groups is 2. The van der Waals surface area contributed by atoms with Crippen molar-refractivity contribution in [2.75, 3.05) is 5.73 Å². The first-order valence-corrected chi connectivity index (χ1v) is 5.49. The van der Waals surface area contributed by atoms with E-state index in [1.54, 1.807) is 30.3 Å². The molecule has 0 aliphatic heterocycles. The molecule has 0 fully saturated rings. The summed E-state index contributed by atoms with van der Waals surface area (Å²) in [4.78, 5) is 30.0. The van der Waals surface area contributed by atoms with Crippen LogP contribution in [0.25, 0.3) is 11.3 Å². The second-order valence-corrected chi connectivity index (χ2v) is 3.90. The van der Waals surface area contributed by atoms with Crippen LogP contribution in [-0.2, 0) is 4.79 Å². The van der Waals surface area contributed by atoms with Crippen molar-refractivity contribution < 1.29 is 14.7 Å². The third-order valence-corrected chi connectivity index (χ3v) is 2.48. The first-order chi connectivity index (χ1) is 9.06. The van der Waals surface area contributed by atoms with E-state index in [4.69, 9.17) is 10.8 Å². The van der Waals surface area contributed by atoms with Gasteiger partial charge in [0.25, 0.3) is 0 Å². The van der Waals surface area contributed by atoms with Crippen molar-refractivity contribution in [3.63, 3.8) is 0 Å². The van der Waals surface area contributed by atoms with Crippen molar-refractivity contribution in [3.8, 4) is 11.3 Å². The molecule has 6 nitrogen and oxygen atoms in total. The summed E-state index contributed by atoms with van der Waals surface area (Å²) in [6, 6.07) is 8.18. The molecule has 0 unspecified atom stereocenters. The van der Waals surface area contributed by atoms with E-state index in [9.17, 15) is 9.59 Å². The lowest BCUT2D eigenvalue weighted by molar-refractivity contribution is -0.135. The van der Waals surface area contributed by atoms with Crippen LogP contribution in [-0.4, -0.2) is 26.8 Å². The van der Waals surface area contributed by atoms with E-state index in [0.717, 1.165) is 0 Å². The number of carbonyl (C=O) groups excluding carboxylic acids is 1. The first kappa shape index (κ1) is 12.7. The van der Waals surface area contributed by atoms with Crippen LogP contribution in [0.2, 0.25) is 0 Å². The lowest BCUT2D eigenvalue weighted by atomic mass is 10.0. The first-order valence-electron chi connectivity index (χ1n) is 5.49. The second-order valence-electron chi connectivity index (χ2n) is 3.90. The number of Topliss-reactive ketones (excluding diaryl/α,β-unsaturated/α-hetero) is 1. The summed E-state index contributed by atoms with van der Waals surface area (Å²) in [5.41, 5.74) is 7.16. The van der Waals surface area contributed by atoms with Gasteiger partial charge in [-0.25, -0.2) is 9.97 Å². The third-order valence-electron chi connectivity index (χ3n) is 2.48. The molecule has 3 N–H and O–H groups in total. The highest BCUT2D eigenvalue weighted by Gasteiger charge is 2.11. The van der Waals surface area contributed by atoms with Gasteiger partial charge in [0.15, 0.2) is 5.78 Å². The average molecular weight is 257 g/mol. The number of aromatic nitrogens is 2. The lowest BCUT2D eigenvalue weighted by Gasteiger charge is -2.04. The molecule has 0 aliphatic carbocycles. The quantitative estimate of drug-likeness (QED) is 0.633. The Labute approximate surface area is 108 Å². The van der Waals surface area contributed by atoms with Gasteiger partial charge in [0.1, 0.15) is 18.6 Å². The van der Waals surface area contributed by atoms with Crippen LogP contribution < -0.4 is 5.73 Å². The Morgan fingerprint density at radius 3 is 2.68 bits per heavy atom. The zero-order valence-electron chi connectivity index (χ0n) is 9.91. The number of nitrogens with two attached hydrogens (primary N) is 1. The minimum atomic E-state index is -1.15. The van der Waals surface area contributed by atoms with Crippen LogP contribution in [0.4, 0.5) is 5.82 Å². The standard InChI is InChI=1S/C13H11N3O3/c14-12-5-10(15-7-16-12)8-2-1-3-9(4-8)11(17)6-13(18)19/h1-5,7H,6H2,(H,18,19)(H2,14,15,16). The maximum Gasteiger partial charge on any atom is 0.311 e. The van der Waals surface area contributed by atoms with Crippen molar-refractivity contribution in [1.82, 2.24) is 9.97 Å². The van der Waals surface area contributed by atoms with E-state index in [1.165, 1.54) is 6.33 Å². The van der Waals surface area contributed by atoms with Gasteiger partial charge in [0, 0.05) is 17.2 Å². The predicted molar refractivity (Wildman–Crippen MR) is 68.5 cm³/mol. The molecule has 6 heteroatoms. The number of carboxylic acids is 1. The molecule has 1 aromatic carbocycles. The Morgan fingerprint density at radius 2 is 2.00 bits per heavy atom. The Balaban J connectivity index is 2.34. The van der Waals surface area contributed by atoms with Crippen LogP contribution in [0.1, 0.15) is 16.8 Å². The van der Waals surface area contributed by atoms with Gasteiger partial charge in [-0.2, -0.15) is 0 Å². The molecule has 0 atom stereocenters. The van der Waals surface area contributed by atoms with Gasteiger partial charge < -0.3 is 10.8 Å². The number of ketones is 1. The highest BCUT2D eigenvalue weighted by Crippen LogP contribution is 2.19. The van der Waals surface area contributed by atoms with Crippen molar-refractivity contribution >= 4 is 17.6 Å². The van der Waals surface area contributed by atoms with Gasteiger partial charge in [0.2, 0.25) is 0 Å². The summed E-state index contributed by atoms with van der Waals surface area (Å²) in [6.45, 7) is 0. The van der Waals surface area contributed by atoms with Gasteiger partial charge in [-0.3, -0.25) is 9.59 Å².